The fourth-order valence-corrected chi connectivity index (χ4v) is 3.34. The Morgan fingerprint density at radius 2 is 2.18 bits per heavy atom. The number of carbonyl (C=O) groups excluding carboxylic acids is 1. The van der Waals surface area contributed by atoms with Gasteiger partial charge in [-0.2, -0.15) is 0 Å². The van der Waals surface area contributed by atoms with Crippen molar-refractivity contribution in [2.75, 3.05) is 0 Å². The highest BCUT2D eigenvalue weighted by Gasteiger charge is 2.27. The number of hydrogen-bond donors (Lipinski definition) is 2. The largest absolute Gasteiger partial charge is 0.344 e. The molecule has 116 valence electrons. The van der Waals surface area contributed by atoms with E-state index >= 15 is 0 Å². The van der Waals surface area contributed by atoms with Crippen molar-refractivity contribution in [2.24, 2.45) is 0 Å². The Bertz CT molecular complexity index is 776. The number of nitrogens with one attached hydrogen (secondary N) is 2. The lowest BCUT2D eigenvalue weighted by Gasteiger charge is -2.12. The maximum atomic E-state index is 12.3. The normalized spacial score (nSPS) is 15.6. The van der Waals surface area contributed by atoms with Crippen LogP contribution in [-0.2, 0) is 0 Å². The number of nitrogens with zero attached hydrogens (tertiary/aromatic N) is 2. The van der Waals surface area contributed by atoms with Gasteiger partial charge >= 0.3 is 0 Å². The van der Waals surface area contributed by atoms with Gasteiger partial charge in [-0.15, -0.1) is 11.3 Å². The fraction of sp³-hybridized carbons (Fsp3) is 0.467. The SMILES string of the molecule is Cc1nc([C@H](C)NC(=O)c2cnc(C3CC3)[nH]c2=O)c(C)s1. The summed E-state index contributed by atoms with van der Waals surface area (Å²) in [5.41, 5.74) is 0.503. The highest BCUT2D eigenvalue weighted by Crippen LogP contribution is 2.37. The molecule has 2 heterocycles. The van der Waals surface area contributed by atoms with Gasteiger partial charge in [-0.1, -0.05) is 0 Å². The zero-order valence-corrected chi connectivity index (χ0v) is 13.6. The number of aromatic nitrogens is 3. The predicted molar refractivity (Wildman–Crippen MR) is 84.3 cm³/mol. The van der Waals surface area contributed by atoms with Crippen molar-refractivity contribution in [1.82, 2.24) is 20.3 Å². The summed E-state index contributed by atoms with van der Waals surface area (Å²) in [6.45, 7) is 5.77. The molecule has 0 saturated heterocycles. The number of thiazole rings is 1. The zero-order chi connectivity index (χ0) is 15.9. The van der Waals surface area contributed by atoms with Gasteiger partial charge in [-0.3, -0.25) is 9.59 Å². The molecule has 0 bridgehead atoms. The second kappa shape index (κ2) is 5.64. The summed E-state index contributed by atoms with van der Waals surface area (Å²) in [7, 11) is 0. The molecule has 1 atom stereocenters. The monoisotopic (exact) mass is 318 g/mol. The average molecular weight is 318 g/mol. The van der Waals surface area contributed by atoms with Gasteiger partial charge in [0.15, 0.2) is 0 Å². The van der Waals surface area contributed by atoms with E-state index in [1.165, 1.54) is 6.20 Å². The van der Waals surface area contributed by atoms with Crippen molar-refractivity contribution in [3.05, 3.63) is 43.5 Å². The summed E-state index contributed by atoms with van der Waals surface area (Å²) in [4.78, 5) is 36.7. The van der Waals surface area contributed by atoms with Crippen LogP contribution in [0.15, 0.2) is 11.0 Å². The van der Waals surface area contributed by atoms with Crippen LogP contribution in [0.4, 0.5) is 0 Å². The minimum absolute atomic E-state index is 0.0425. The molecule has 1 amide bonds. The van der Waals surface area contributed by atoms with E-state index < -0.39 is 5.91 Å². The van der Waals surface area contributed by atoms with E-state index in [2.05, 4.69) is 20.3 Å². The van der Waals surface area contributed by atoms with E-state index in [-0.39, 0.29) is 17.2 Å². The third kappa shape index (κ3) is 2.94. The molecule has 0 aliphatic heterocycles. The van der Waals surface area contributed by atoms with Crippen LogP contribution in [0.2, 0.25) is 0 Å². The van der Waals surface area contributed by atoms with E-state index in [0.717, 1.165) is 28.4 Å². The summed E-state index contributed by atoms with van der Waals surface area (Å²) in [6.07, 6.45) is 3.47. The first-order chi connectivity index (χ1) is 10.5. The van der Waals surface area contributed by atoms with Crippen molar-refractivity contribution in [1.29, 1.82) is 0 Å². The molecular weight excluding hydrogens is 300 g/mol. The molecule has 2 aromatic rings. The second-order valence-electron chi connectivity index (χ2n) is 5.65. The van der Waals surface area contributed by atoms with Crippen LogP contribution < -0.4 is 10.9 Å². The topological polar surface area (TPSA) is 87.7 Å². The lowest BCUT2D eigenvalue weighted by Crippen LogP contribution is -2.32. The Morgan fingerprint density at radius 3 is 2.73 bits per heavy atom. The summed E-state index contributed by atoms with van der Waals surface area (Å²) < 4.78 is 0. The quantitative estimate of drug-likeness (QED) is 0.904. The van der Waals surface area contributed by atoms with Gasteiger partial charge in [0.05, 0.1) is 16.7 Å². The van der Waals surface area contributed by atoms with Gasteiger partial charge in [-0.25, -0.2) is 9.97 Å². The van der Waals surface area contributed by atoms with E-state index in [1.807, 2.05) is 20.8 Å². The van der Waals surface area contributed by atoms with Crippen LogP contribution in [0.25, 0.3) is 0 Å². The number of aryl methyl sites for hydroxylation is 2. The first-order valence-electron chi connectivity index (χ1n) is 7.29. The first-order valence-corrected chi connectivity index (χ1v) is 8.11. The lowest BCUT2D eigenvalue weighted by atomic mass is 10.2. The number of rotatable bonds is 4. The Hall–Kier alpha value is -2.02. The predicted octanol–water partition coefficient (Wildman–Crippen LogP) is 2.21. The molecule has 0 aromatic carbocycles. The van der Waals surface area contributed by atoms with Gasteiger partial charge in [0.2, 0.25) is 0 Å². The summed E-state index contributed by atoms with van der Waals surface area (Å²) >= 11 is 1.59. The van der Waals surface area contributed by atoms with Gasteiger partial charge in [0, 0.05) is 17.0 Å². The highest BCUT2D eigenvalue weighted by molar-refractivity contribution is 7.11. The van der Waals surface area contributed by atoms with Crippen molar-refractivity contribution >= 4 is 17.2 Å². The molecule has 3 rings (SSSR count). The zero-order valence-electron chi connectivity index (χ0n) is 12.8. The molecule has 0 radical (unpaired) electrons. The van der Waals surface area contributed by atoms with Crippen LogP contribution in [0.3, 0.4) is 0 Å². The van der Waals surface area contributed by atoms with Crippen molar-refractivity contribution in [2.45, 2.75) is 45.6 Å². The van der Waals surface area contributed by atoms with Crippen LogP contribution in [0.1, 0.15) is 63.5 Å². The van der Waals surface area contributed by atoms with E-state index in [9.17, 15) is 9.59 Å². The number of hydrogen-bond acceptors (Lipinski definition) is 5. The van der Waals surface area contributed by atoms with Crippen LogP contribution >= 0.6 is 11.3 Å². The molecule has 0 spiro atoms. The number of carbonyl (C=O) groups is 1. The molecule has 1 saturated carbocycles. The maximum Gasteiger partial charge on any atom is 0.263 e. The van der Waals surface area contributed by atoms with Crippen LogP contribution in [0.5, 0.6) is 0 Å². The highest BCUT2D eigenvalue weighted by atomic mass is 32.1. The molecule has 1 aliphatic carbocycles. The Kier molecular flexibility index (Phi) is 3.82. The molecule has 7 heteroatoms. The molecule has 1 fully saturated rings. The average Bonchev–Trinajstić information content (AvgIpc) is 3.23. The van der Waals surface area contributed by atoms with E-state index in [0.29, 0.717) is 11.7 Å². The van der Waals surface area contributed by atoms with Gasteiger partial charge in [0.1, 0.15) is 11.4 Å². The van der Waals surface area contributed by atoms with Crippen molar-refractivity contribution < 1.29 is 4.79 Å². The van der Waals surface area contributed by atoms with E-state index in [1.54, 1.807) is 11.3 Å². The molecule has 2 N–H and O–H groups in total. The fourth-order valence-electron chi connectivity index (χ4n) is 2.42. The Labute approximate surface area is 132 Å². The number of H-pyrrole nitrogens is 1. The number of aromatic amines is 1. The molecule has 1 aliphatic rings. The minimum atomic E-state index is -0.423. The number of amides is 1. The van der Waals surface area contributed by atoms with Crippen LogP contribution in [-0.4, -0.2) is 20.9 Å². The van der Waals surface area contributed by atoms with Gasteiger partial charge in [0.25, 0.3) is 11.5 Å². The van der Waals surface area contributed by atoms with Gasteiger partial charge < -0.3 is 10.3 Å². The maximum absolute atomic E-state index is 12.3. The molecule has 22 heavy (non-hydrogen) atoms. The van der Waals surface area contributed by atoms with Crippen LogP contribution in [0, 0.1) is 13.8 Å². The smallest absolute Gasteiger partial charge is 0.263 e. The van der Waals surface area contributed by atoms with Gasteiger partial charge in [-0.05, 0) is 33.6 Å². The Morgan fingerprint density at radius 1 is 1.45 bits per heavy atom. The molecule has 0 unspecified atom stereocenters. The summed E-state index contributed by atoms with van der Waals surface area (Å²) in [6, 6.07) is -0.250. The van der Waals surface area contributed by atoms with Crippen molar-refractivity contribution in [3.63, 3.8) is 0 Å². The standard InChI is InChI=1S/C15H18N4O2S/c1-7(12-8(2)22-9(3)18-12)17-14(20)11-6-16-13(10-4-5-10)19-15(11)21/h6-7,10H,4-5H2,1-3H3,(H,17,20)(H,16,19,21)/t7-/m0/s1. The lowest BCUT2D eigenvalue weighted by molar-refractivity contribution is 0.0937. The molecular formula is C15H18N4O2S. The molecule has 2 aromatic heterocycles. The summed E-state index contributed by atoms with van der Waals surface area (Å²) in [5, 5.41) is 3.78. The van der Waals surface area contributed by atoms with E-state index in [4.69, 9.17) is 0 Å². The third-order valence-corrected chi connectivity index (χ3v) is 4.63. The summed E-state index contributed by atoms with van der Waals surface area (Å²) in [5.74, 6) is 0.610. The second-order valence-corrected chi connectivity index (χ2v) is 7.06. The molecule has 6 nitrogen and oxygen atoms in total. The third-order valence-electron chi connectivity index (χ3n) is 3.72. The van der Waals surface area contributed by atoms with Crippen molar-refractivity contribution in [3.8, 4) is 0 Å². The first kappa shape index (κ1) is 14.9. The minimum Gasteiger partial charge on any atom is -0.344 e. The Balaban J connectivity index is 1.76.